The van der Waals surface area contributed by atoms with Crippen molar-refractivity contribution in [3.63, 3.8) is 0 Å². The molecule has 0 spiro atoms. The number of carbonyl (C=O) groups excluding carboxylic acids is 3. The quantitative estimate of drug-likeness (QED) is 0.700. The maximum Gasteiger partial charge on any atom is 0.410 e. The van der Waals surface area contributed by atoms with Crippen LogP contribution in [0.3, 0.4) is 0 Å². The molecule has 2 aliphatic rings. The predicted molar refractivity (Wildman–Crippen MR) is 123 cm³/mol. The van der Waals surface area contributed by atoms with E-state index in [1.54, 1.807) is 28.1 Å². The highest BCUT2D eigenvalue weighted by atomic mass is 32.2. The lowest BCUT2D eigenvalue weighted by Crippen LogP contribution is -2.47. The number of fused-ring (bicyclic) bond motifs is 1. The minimum atomic E-state index is -0.585. The summed E-state index contributed by atoms with van der Waals surface area (Å²) in [5.74, 6) is -0.0402. The third-order valence-corrected chi connectivity index (χ3v) is 6.61. The van der Waals surface area contributed by atoms with E-state index in [-0.39, 0.29) is 28.4 Å². The van der Waals surface area contributed by atoms with Crippen LogP contribution in [0.1, 0.15) is 50.2 Å². The summed E-state index contributed by atoms with van der Waals surface area (Å²) in [4.78, 5) is 41.5. The molecule has 3 heterocycles. The highest BCUT2D eigenvalue weighted by molar-refractivity contribution is 8.14. The Balaban J connectivity index is 1.48. The number of aromatic nitrogens is 2. The fourth-order valence-corrected chi connectivity index (χ4v) is 4.98. The smallest absolute Gasteiger partial charge is 0.410 e. The Morgan fingerprint density at radius 2 is 1.88 bits per heavy atom. The van der Waals surface area contributed by atoms with E-state index in [0.29, 0.717) is 37.3 Å². The van der Waals surface area contributed by atoms with E-state index in [1.807, 2.05) is 50.6 Å². The summed E-state index contributed by atoms with van der Waals surface area (Å²) in [7, 11) is 0. The number of anilines is 1. The van der Waals surface area contributed by atoms with Gasteiger partial charge in [-0.1, -0.05) is 42.1 Å². The van der Waals surface area contributed by atoms with Gasteiger partial charge in [-0.3, -0.25) is 19.2 Å². The van der Waals surface area contributed by atoms with Gasteiger partial charge in [0.15, 0.2) is 0 Å². The lowest BCUT2D eigenvalue weighted by molar-refractivity contribution is -0.117. The molecular weight excluding hydrogens is 428 g/mol. The molecule has 32 heavy (non-hydrogen) atoms. The van der Waals surface area contributed by atoms with Crippen LogP contribution >= 0.6 is 11.8 Å². The maximum absolute atomic E-state index is 12.8. The molecule has 1 aromatic heterocycles. The first-order valence-corrected chi connectivity index (χ1v) is 11.6. The Kier molecular flexibility index (Phi) is 6.03. The van der Waals surface area contributed by atoms with Crippen LogP contribution in [0.4, 0.5) is 10.5 Å². The fraction of sp³-hybridized carbons (Fsp3) is 0.478. The van der Waals surface area contributed by atoms with E-state index < -0.39 is 5.60 Å². The molecular formula is C23H28N4O4S. The molecule has 0 bridgehead atoms. The van der Waals surface area contributed by atoms with E-state index in [1.165, 1.54) is 11.8 Å². The molecule has 170 valence electrons. The van der Waals surface area contributed by atoms with Crippen molar-refractivity contribution in [2.24, 2.45) is 0 Å². The Hall–Kier alpha value is -2.81. The van der Waals surface area contributed by atoms with Gasteiger partial charge in [0.25, 0.3) is 0 Å². The first-order chi connectivity index (χ1) is 15.1. The van der Waals surface area contributed by atoms with Crippen molar-refractivity contribution < 1.29 is 19.1 Å². The maximum atomic E-state index is 12.8. The Morgan fingerprint density at radius 3 is 2.56 bits per heavy atom. The molecule has 2 amide bonds. The molecule has 2 atom stereocenters. The molecule has 4 rings (SSSR count). The van der Waals surface area contributed by atoms with Crippen LogP contribution < -0.4 is 4.90 Å². The third kappa shape index (κ3) is 4.67. The van der Waals surface area contributed by atoms with E-state index in [0.717, 1.165) is 5.69 Å². The number of nitrogens with zero attached hydrogens (tertiary/aromatic N) is 4. The summed E-state index contributed by atoms with van der Waals surface area (Å²) in [6.07, 6.45) is 1.60. The van der Waals surface area contributed by atoms with Crippen molar-refractivity contribution in [2.45, 2.75) is 64.1 Å². The Morgan fingerprint density at radius 1 is 1.16 bits per heavy atom. The molecule has 0 saturated carbocycles. The minimum absolute atomic E-state index is 0.0350. The van der Waals surface area contributed by atoms with Crippen molar-refractivity contribution in [3.8, 4) is 0 Å². The molecule has 1 aromatic carbocycles. The van der Waals surface area contributed by atoms with Gasteiger partial charge in [-0.2, -0.15) is 5.10 Å². The monoisotopic (exact) mass is 456 g/mol. The number of carbonyl (C=O) groups is 3. The zero-order valence-corrected chi connectivity index (χ0v) is 19.6. The SMILES string of the molecule is C[C@H]1Cn2ncc(N3CC(SC(=O)c4ccccc4)CC3=O)c2CN1C(=O)OC(C)(C)C. The Bertz CT molecular complexity index is 1030. The largest absolute Gasteiger partial charge is 0.444 e. The second-order valence-corrected chi connectivity index (χ2v) is 10.5. The van der Waals surface area contributed by atoms with Crippen LogP contribution in [0.15, 0.2) is 36.5 Å². The highest BCUT2D eigenvalue weighted by Crippen LogP contribution is 2.34. The lowest BCUT2D eigenvalue weighted by Gasteiger charge is -2.36. The van der Waals surface area contributed by atoms with Crippen molar-refractivity contribution >= 4 is 34.6 Å². The average molecular weight is 457 g/mol. The van der Waals surface area contributed by atoms with Crippen molar-refractivity contribution in [3.05, 3.63) is 47.8 Å². The Labute approximate surface area is 191 Å². The van der Waals surface area contributed by atoms with Crippen LogP contribution in [0, 0.1) is 0 Å². The second-order valence-electron chi connectivity index (χ2n) is 9.22. The van der Waals surface area contributed by atoms with E-state index >= 15 is 0 Å². The second kappa shape index (κ2) is 8.61. The van der Waals surface area contributed by atoms with Gasteiger partial charge in [0.1, 0.15) is 5.60 Å². The molecule has 0 N–H and O–H groups in total. The third-order valence-electron chi connectivity index (χ3n) is 5.51. The molecule has 2 aromatic rings. The summed E-state index contributed by atoms with van der Waals surface area (Å²) in [6, 6.07) is 9.01. The number of thioether (sulfide) groups is 1. The number of amides is 2. The summed E-state index contributed by atoms with van der Waals surface area (Å²) in [5.41, 5.74) is 1.55. The van der Waals surface area contributed by atoms with Gasteiger partial charge >= 0.3 is 6.09 Å². The molecule has 1 unspecified atom stereocenters. The first kappa shape index (κ1) is 22.4. The van der Waals surface area contributed by atoms with Crippen LogP contribution in [0.25, 0.3) is 0 Å². The van der Waals surface area contributed by atoms with Crippen molar-refractivity contribution in [1.29, 1.82) is 0 Å². The number of hydrogen-bond acceptors (Lipinski definition) is 6. The molecule has 0 aliphatic carbocycles. The van der Waals surface area contributed by atoms with Gasteiger partial charge in [-0.05, 0) is 27.7 Å². The van der Waals surface area contributed by atoms with Gasteiger partial charge in [-0.25, -0.2) is 4.79 Å². The van der Waals surface area contributed by atoms with E-state index in [9.17, 15) is 14.4 Å². The summed E-state index contributed by atoms with van der Waals surface area (Å²) < 4.78 is 7.42. The van der Waals surface area contributed by atoms with Gasteiger partial charge in [0.2, 0.25) is 11.0 Å². The predicted octanol–water partition coefficient (Wildman–Crippen LogP) is 3.70. The number of hydrogen-bond donors (Lipinski definition) is 0. The van der Waals surface area contributed by atoms with Crippen LogP contribution in [-0.4, -0.2) is 55.2 Å². The lowest BCUT2D eigenvalue weighted by atomic mass is 10.2. The van der Waals surface area contributed by atoms with Gasteiger partial charge in [0, 0.05) is 23.8 Å². The summed E-state index contributed by atoms with van der Waals surface area (Å²) in [5, 5.41) is 4.29. The summed E-state index contributed by atoms with van der Waals surface area (Å²) in [6.45, 7) is 8.75. The number of rotatable bonds is 3. The zero-order valence-electron chi connectivity index (χ0n) is 18.8. The number of benzene rings is 1. The minimum Gasteiger partial charge on any atom is -0.444 e. The zero-order chi connectivity index (χ0) is 23.0. The van der Waals surface area contributed by atoms with E-state index in [4.69, 9.17) is 4.74 Å². The molecule has 0 radical (unpaired) electrons. The van der Waals surface area contributed by atoms with Gasteiger partial charge in [0.05, 0.1) is 36.7 Å². The molecule has 2 aliphatic heterocycles. The molecule has 1 saturated heterocycles. The standard InChI is InChI=1S/C23H28N4O4S/c1-15-12-27-19(14-25(15)22(30)31-23(2,3)4)18(11-24-27)26-13-17(10-20(26)28)32-21(29)16-8-6-5-7-9-16/h5-9,11,15,17H,10,12-14H2,1-4H3/t15-,17?/m0/s1. The van der Waals surface area contributed by atoms with E-state index in [2.05, 4.69) is 5.10 Å². The topological polar surface area (TPSA) is 84.7 Å². The van der Waals surface area contributed by atoms with Gasteiger partial charge in [-0.15, -0.1) is 0 Å². The van der Waals surface area contributed by atoms with Crippen molar-refractivity contribution in [2.75, 3.05) is 11.4 Å². The van der Waals surface area contributed by atoms with Gasteiger partial charge < -0.3 is 9.64 Å². The van der Waals surface area contributed by atoms with Crippen LogP contribution in [0.5, 0.6) is 0 Å². The van der Waals surface area contributed by atoms with Crippen LogP contribution in [-0.2, 0) is 22.6 Å². The molecule has 1 fully saturated rings. The number of ether oxygens (including phenoxy) is 1. The van der Waals surface area contributed by atoms with Crippen LogP contribution in [0.2, 0.25) is 0 Å². The average Bonchev–Trinajstić information content (AvgIpc) is 3.28. The van der Waals surface area contributed by atoms with Crippen molar-refractivity contribution in [1.82, 2.24) is 14.7 Å². The summed E-state index contributed by atoms with van der Waals surface area (Å²) >= 11 is 1.20. The normalized spacial score (nSPS) is 20.9. The molecule has 9 heteroatoms. The first-order valence-electron chi connectivity index (χ1n) is 10.7. The highest BCUT2D eigenvalue weighted by Gasteiger charge is 2.38. The fourth-order valence-electron chi connectivity index (χ4n) is 3.96. The molecule has 8 nitrogen and oxygen atoms in total.